The number of ether oxygens (including phenoxy) is 1. The van der Waals surface area contributed by atoms with E-state index in [1.54, 1.807) is 23.3 Å². The average Bonchev–Trinajstić information content (AvgIpc) is 3.30. The molecule has 0 aliphatic carbocycles. The van der Waals surface area contributed by atoms with Crippen LogP contribution in [0.4, 0.5) is 4.39 Å². The van der Waals surface area contributed by atoms with E-state index < -0.39 is 5.82 Å². The van der Waals surface area contributed by atoms with Crippen LogP contribution in [-0.4, -0.2) is 48.4 Å². The van der Waals surface area contributed by atoms with Crippen molar-refractivity contribution in [2.45, 2.75) is 13.1 Å². The SMILES string of the molecule is COCCN(CC(=O)N(Cc1ccccc1)Cc1cccs1)C(=O)c1ccc(F)cc1. The molecule has 7 heteroatoms. The van der Waals surface area contributed by atoms with Gasteiger partial charge in [-0.15, -0.1) is 11.3 Å². The standard InChI is InChI=1S/C24H25FN2O3S/c1-30-14-13-26(24(29)20-9-11-21(25)12-10-20)18-23(28)27(17-22-8-5-15-31-22)16-19-6-3-2-4-7-19/h2-12,15H,13-14,16-18H2,1H3. The van der Waals surface area contributed by atoms with Gasteiger partial charge in [0.1, 0.15) is 12.4 Å². The molecule has 0 atom stereocenters. The lowest BCUT2D eigenvalue weighted by atomic mass is 10.2. The molecule has 162 valence electrons. The highest BCUT2D eigenvalue weighted by Crippen LogP contribution is 2.16. The Morgan fingerprint density at radius 1 is 0.935 bits per heavy atom. The highest BCUT2D eigenvalue weighted by molar-refractivity contribution is 7.09. The van der Waals surface area contributed by atoms with Crippen molar-refractivity contribution in [1.82, 2.24) is 9.80 Å². The molecule has 1 aromatic heterocycles. The summed E-state index contributed by atoms with van der Waals surface area (Å²) in [6, 6.07) is 19.0. The lowest BCUT2D eigenvalue weighted by molar-refractivity contribution is -0.133. The van der Waals surface area contributed by atoms with Crippen LogP contribution in [0.2, 0.25) is 0 Å². The Labute approximate surface area is 185 Å². The summed E-state index contributed by atoms with van der Waals surface area (Å²) in [5.74, 6) is -0.911. The third-order valence-electron chi connectivity index (χ3n) is 4.77. The Kier molecular flexibility index (Phi) is 8.32. The summed E-state index contributed by atoms with van der Waals surface area (Å²) < 4.78 is 18.4. The first kappa shape index (κ1) is 22.7. The second-order valence-corrected chi connectivity index (χ2v) is 8.07. The summed E-state index contributed by atoms with van der Waals surface area (Å²) in [6.07, 6.45) is 0. The van der Waals surface area contributed by atoms with E-state index in [2.05, 4.69) is 0 Å². The fourth-order valence-electron chi connectivity index (χ4n) is 3.12. The van der Waals surface area contributed by atoms with Gasteiger partial charge in [-0.3, -0.25) is 9.59 Å². The van der Waals surface area contributed by atoms with Gasteiger partial charge >= 0.3 is 0 Å². The minimum Gasteiger partial charge on any atom is -0.383 e. The number of carbonyl (C=O) groups excluding carboxylic acids is 2. The topological polar surface area (TPSA) is 49.9 Å². The molecule has 31 heavy (non-hydrogen) atoms. The van der Waals surface area contributed by atoms with Crippen molar-refractivity contribution < 1.29 is 18.7 Å². The predicted molar refractivity (Wildman–Crippen MR) is 119 cm³/mol. The number of hydrogen-bond donors (Lipinski definition) is 0. The van der Waals surface area contributed by atoms with Crippen LogP contribution in [0.3, 0.4) is 0 Å². The van der Waals surface area contributed by atoms with Crippen molar-refractivity contribution in [2.24, 2.45) is 0 Å². The lowest BCUT2D eigenvalue weighted by Gasteiger charge is -2.27. The maximum absolute atomic E-state index is 13.3. The maximum atomic E-state index is 13.3. The Morgan fingerprint density at radius 3 is 2.32 bits per heavy atom. The minimum absolute atomic E-state index is 0.0855. The van der Waals surface area contributed by atoms with Crippen LogP contribution in [0.25, 0.3) is 0 Å². The van der Waals surface area contributed by atoms with Crippen molar-refractivity contribution in [3.05, 3.63) is 93.9 Å². The zero-order valence-corrected chi connectivity index (χ0v) is 18.2. The molecule has 0 aliphatic heterocycles. The second kappa shape index (κ2) is 11.4. The number of halogens is 1. The van der Waals surface area contributed by atoms with Crippen LogP contribution in [0.5, 0.6) is 0 Å². The molecule has 5 nitrogen and oxygen atoms in total. The van der Waals surface area contributed by atoms with Crippen molar-refractivity contribution in [3.8, 4) is 0 Å². The van der Waals surface area contributed by atoms with Crippen molar-refractivity contribution in [1.29, 1.82) is 0 Å². The summed E-state index contributed by atoms with van der Waals surface area (Å²) in [7, 11) is 1.54. The van der Waals surface area contributed by atoms with Crippen LogP contribution in [0.1, 0.15) is 20.8 Å². The van der Waals surface area contributed by atoms with Gasteiger partial charge in [-0.2, -0.15) is 0 Å². The van der Waals surface area contributed by atoms with Gasteiger partial charge in [-0.05, 0) is 41.3 Å². The quantitative estimate of drug-likeness (QED) is 0.475. The smallest absolute Gasteiger partial charge is 0.254 e. The number of thiophene rings is 1. The molecule has 0 saturated carbocycles. The highest BCUT2D eigenvalue weighted by atomic mass is 32.1. The van der Waals surface area contributed by atoms with Gasteiger partial charge < -0.3 is 14.5 Å². The summed E-state index contributed by atoms with van der Waals surface area (Å²) in [4.78, 5) is 30.5. The largest absolute Gasteiger partial charge is 0.383 e. The third kappa shape index (κ3) is 6.73. The molecule has 0 N–H and O–H groups in total. The van der Waals surface area contributed by atoms with Gasteiger partial charge in [0.2, 0.25) is 5.91 Å². The maximum Gasteiger partial charge on any atom is 0.254 e. The number of rotatable bonds is 10. The molecule has 0 radical (unpaired) electrons. The molecular formula is C24H25FN2O3S. The molecule has 0 aliphatic rings. The molecule has 0 bridgehead atoms. The molecule has 0 spiro atoms. The molecule has 3 rings (SSSR count). The number of carbonyl (C=O) groups is 2. The van der Waals surface area contributed by atoms with E-state index in [0.717, 1.165) is 10.4 Å². The van der Waals surface area contributed by atoms with E-state index in [1.165, 1.54) is 29.2 Å². The molecular weight excluding hydrogens is 415 g/mol. The normalized spacial score (nSPS) is 10.6. The van der Waals surface area contributed by atoms with Gasteiger partial charge in [-0.1, -0.05) is 36.4 Å². The van der Waals surface area contributed by atoms with Crippen LogP contribution in [0, 0.1) is 5.82 Å². The van der Waals surface area contributed by atoms with E-state index in [4.69, 9.17) is 4.74 Å². The summed E-state index contributed by atoms with van der Waals surface area (Å²) in [5.41, 5.74) is 1.35. The van der Waals surface area contributed by atoms with Gasteiger partial charge in [0.25, 0.3) is 5.91 Å². The van der Waals surface area contributed by atoms with Gasteiger partial charge in [0.05, 0.1) is 13.2 Å². The zero-order chi connectivity index (χ0) is 22.1. The fraction of sp³-hybridized carbons (Fsp3) is 0.250. The van der Waals surface area contributed by atoms with Gasteiger partial charge in [-0.25, -0.2) is 4.39 Å². The molecule has 2 amide bonds. The average molecular weight is 441 g/mol. The molecule has 3 aromatic rings. The Balaban J connectivity index is 1.77. The minimum atomic E-state index is -0.416. The number of methoxy groups -OCH3 is 1. The van der Waals surface area contributed by atoms with Crippen LogP contribution < -0.4 is 0 Å². The molecule has 2 aromatic carbocycles. The zero-order valence-electron chi connectivity index (χ0n) is 17.4. The third-order valence-corrected chi connectivity index (χ3v) is 5.63. The number of benzene rings is 2. The predicted octanol–water partition coefficient (Wildman–Crippen LogP) is 4.20. The summed E-state index contributed by atoms with van der Waals surface area (Å²) in [6.45, 7) is 1.38. The Morgan fingerprint density at radius 2 is 1.68 bits per heavy atom. The number of nitrogens with zero attached hydrogens (tertiary/aromatic N) is 2. The van der Waals surface area contributed by atoms with E-state index in [0.29, 0.717) is 25.3 Å². The van der Waals surface area contributed by atoms with Crippen LogP contribution in [-0.2, 0) is 22.6 Å². The second-order valence-electron chi connectivity index (χ2n) is 7.04. The highest BCUT2D eigenvalue weighted by Gasteiger charge is 2.23. The summed E-state index contributed by atoms with van der Waals surface area (Å²) in [5, 5.41) is 1.98. The summed E-state index contributed by atoms with van der Waals surface area (Å²) >= 11 is 1.59. The molecule has 1 heterocycles. The van der Waals surface area contributed by atoms with E-state index in [9.17, 15) is 14.0 Å². The van der Waals surface area contributed by atoms with Crippen molar-refractivity contribution in [3.63, 3.8) is 0 Å². The van der Waals surface area contributed by atoms with Crippen molar-refractivity contribution >= 4 is 23.2 Å². The van der Waals surface area contributed by atoms with E-state index in [-0.39, 0.29) is 24.9 Å². The number of hydrogen-bond acceptors (Lipinski definition) is 4. The van der Waals surface area contributed by atoms with E-state index in [1.807, 2.05) is 47.8 Å². The lowest BCUT2D eigenvalue weighted by Crippen LogP contribution is -2.43. The van der Waals surface area contributed by atoms with Crippen LogP contribution in [0.15, 0.2) is 72.1 Å². The fourth-order valence-corrected chi connectivity index (χ4v) is 3.84. The monoisotopic (exact) mass is 440 g/mol. The first-order valence-electron chi connectivity index (χ1n) is 9.94. The number of amides is 2. The van der Waals surface area contributed by atoms with Crippen LogP contribution >= 0.6 is 11.3 Å². The first-order valence-corrected chi connectivity index (χ1v) is 10.8. The molecule has 0 fully saturated rings. The van der Waals surface area contributed by atoms with Crippen molar-refractivity contribution in [2.75, 3.05) is 26.8 Å². The Hall–Kier alpha value is -3.03. The molecule has 0 unspecified atom stereocenters. The van der Waals surface area contributed by atoms with Gasteiger partial charge in [0.15, 0.2) is 0 Å². The molecule has 0 saturated heterocycles. The van der Waals surface area contributed by atoms with Gasteiger partial charge in [0, 0.05) is 30.6 Å². The Bertz CT molecular complexity index is 962. The first-order chi connectivity index (χ1) is 15.1. The van der Waals surface area contributed by atoms with E-state index >= 15 is 0 Å².